The summed E-state index contributed by atoms with van der Waals surface area (Å²) in [5.74, 6) is -1.84. The maximum Gasteiger partial charge on any atom is 0.307 e. The summed E-state index contributed by atoms with van der Waals surface area (Å²) in [6.07, 6.45) is 9.29. The van der Waals surface area contributed by atoms with E-state index in [-0.39, 0.29) is 11.8 Å². The van der Waals surface area contributed by atoms with Crippen LogP contribution in [0.15, 0.2) is 18.7 Å². The minimum absolute atomic E-state index is 0.109. The second-order valence-corrected chi connectivity index (χ2v) is 5.28. The Hall–Kier alpha value is -1.85. The van der Waals surface area contributed by atoms with E-state index in [0.29, 0.717) is 19.4 Å². The molecule has 20 heavy (non-hydrogen) atoms. The SMILES string of the molecule is O=C(O)[C@H]1CCCC[C@H]1C(=O)NCCCn1ccnc1. The molecule has 2 atom stereocenters. The van der Waals surface area contributed by atoms with Crippen LogP contribution < -0.4 is 5.32 Å². The summed E-state index contributed by atoms with van der Waals surface area (Å²) in [6, 6.07) is 0. The van der Waals surface area contributed by atoms with Crippen LogP contribution in [0.5, 0.6) is 0 Å². The number of aliphatic carboxylic acids is 1. The van der Waals surface area contributed by atoms with Crippen molar-refractivity contribution >= 4 is 11.9 Å². The molecule has 1 fully saturated rings. The van der Waals surface area contributed by atoms with Gasteiger partial charge in [-0.05, 0) is 19.3 Å². The fourth-order valence-electron chi connectivity index (χ4n) is 2.76. The van der Waals surface area contributed by atoms with E-state index in [4.69, 9.17) is 5.11 Å². The van der Waals surface area contributed by atoms with Crippen LogP contribution in [0.1, 0.15) is 32.1 Å². The minimum atomic E-state index is -0.844. The van der Waals surface area contributed by atoms with Crippen molar-refractivity contribution in [1.82, 2.24) is 14.9 Å². The van der Waals surface area contributed by atoms with Crippen molar-refractivity contribution in [2.45, 2.75) is 38.6 Å². The van der Waals surface area contributed by atoms with Gasteiger partial charge in [-0.15, -0.1) is 0 Å². The van der Waals surface area contributed by atoms with Gasteiger partial charge < -0.3 is 15.0 Å². The first kappa shape index (κ1) is 14.6. The third-order valence-corrected chi connectivity index (χ3v) is 3.87. The molecule has 1 heterocycles. The lowest BCUT2D eigenvalue weighted by Gasteiger charge is -2.27. The topological polar surface area (TPSA) is 84.2 Å². The number of amides is 1. The Balaban J connectivity index is 1.74. The molecular formula is C14H21N3O3. The van der Waals surface area contributed by atoms with Crippen molar-refractivity contribution in [1.29, 1.82) is 0 Å². The monoisotopic (exact) mass is 279 g/mol. The number of hydrogen-bond acceptors (Lipinski definition) is 3. The van der Waals surface area contributed by atoms with Gasteiger partial charge in [0, 0.05) is 25.5 Å². The molecule has 6 nitrogen and oxygen atoms in total. The molecule has 2 N–H and O–H groups in total. The summed E-state index contributed by atoms with van der Waals surface area (Å²) in [5.41, 5.74) is 0. The summed E-state index contributed by atoms with van der Waals surface area (Å²) in [6.45, 7) is 1.37. The van der Waals surface area contributed by atoms with Crippen LogP contribution in [0, 0.1) is 11.8 Å². The van der Waals surface area contributed by atoms with Crippen LogP contribution in [-0.2, 0) is 16.1 Å². The summed E-state index contributed by atoms with van der Waals surface area (Å²) < 4.78 is 1.95. The Kier molecular flexibility index (Phi) is 5.15. The summed E-state index contributed by atoms with van der Waals surface area (Å²) in [5, 5.41) is 12.0. The van der Waals surface area contributed by atoms with Crippen molar-refractivity contribution in [3.05, 3.63) is 18.7 Å². The van der Waals surface area contributed by atoms with E-state index in [0.717, 1.165) is 25.8 Å². The predicted octanol–water partition coefficient (Wildman–Crippen LogP) is 1.28. The Morgan fingerprint density at radius 2 is 2.05 bits per heavy atom. The van der Waals surface area contributed by atoms with Crippen LogP contribution in [0.25, 0.3) is 0 Å². The van der Waals surface area contributed by atoms with Crippen molar-refractivity contribution in [2.24, 2.45) is 11.8 Å². The van der Waals surface area contributed by atoms with Crippen molar-refractivity contribution < 1.29 is 14.7 Å². The molecule has 1 aromatic rings. The maximum absolute atomic E-state index is 12.1. The maximum atomic E-state index is 12.1. The highest BCUT2D eigenvalue weighted by Crippen LogP contribution is 2.30. The van der Waals surface area contributed by atoms with Crippen LogP contribution in [0.2, 0.25) is 0 Å². The highest BCUT2D eigenvalue weighted by atomic mass is 16.4. The summed E-state index contributed by atoms with van der Waals surface area (Å²) >= 11 is 0. The Bertz CT molecular complexity index is 445. The normalized spacial score (nSPS) is 22.4. The van der Waals surface area contributed by atoms with Gasteiger partial charge in [0.1, 0.15) is 0 Å². The molecule has 0 spiro atoms. The average molecular weight is 279 g/mol. The zero-order valence-electron chi connectivity index (χ0n) is 11.5. The van der Waals surface area contributed by atoms with Gasteiger partial charge in [-0.25, -0.2) is 4.98 Å². The van der Waals surface area contributed by atoms with E-state index >= 15 is 0 Å². The molecule has 0 unspecified atom stereocenters. The van der Waals surface area contributed by atoms with Gasteiger partial charge in [-0.2, -0.15) is 0 Å². The molecule has 1 amide bonds. The van der Waals surface area contributed by atoms with Crippen molar-refractivity contribution in [2.75, 3.05) is 6.54 Å². The zero-order chi connectivity index (χ0) is 14.4. The molecule has 2 rings (SSSR count). The third-order valence-electron chi connectivity index (χ3n) is 3.87. The number of nitrogens with zero attached hydrogens (tertiary/aromatic N) is 2. The first-order valence-corrected chi connectivity index (χ1v) is 7.14. The van der Waals surface area contributed by atoms with Gasteiger partial charge in [-0.1, -0.05) is 12.8 Å². The lowest BCUT2D eigenvalue weighted by atomic mass is 9.79. The van der Waals surface area contributed by atoms with Gasteiger partial charge in [0.15, 0.2) is 0 Å². The highest BCUT2D eigenvalue weighted by molar-refractivity contribution is 5.84. The molecule has 1 aliphatic carbocycles. The molecule has 6 heteroatoms. The number of hydrogen-bond donors (Lipinski definition) is 2. The lowest BCUT2D eigenvalue weighted by molar-refractivity contribution is -0.148. The molecule has 110 valence electrons. The van der Waals surface area contributed by atoms with Crippen LogP contribution >= 0.6 is 0 Å². The Morgan fingerprint density at radius 1 is 1.30 bits per heavy atom. The number of carboxylic acids is 1. The summed E-state index contributed by atoms with van der Waals surface area (Å²) in [7, 11) is 0. The van der Waals surface area contributed by atoms with E-state index in [1.54, 1.807) is 12.5 Å². The van der Waals surface area contributed by atoms with Crippen molar-refractivity contribution in [3.8, 4) is 0 Å². The van der Waals surface area contributed by atoms with Gasteiger partial charge in [-0.3, -0.25) is 9.59 Å². The second-order valence-electron chi connectivity index (χ2n) is 5.28. The molecule has 0 aromatic carbocycles. The fourth-order valence-corrected chi connectivity index (χ4v) is 2.76. The molecule has 1 aromatic heterocycles. The van der Waals surface area contributed by atoms with Crippen LogP contribution in [0.3, 0.4) is 0 Å². The lowest BCUT2D eigenvalue weighted by Crippen LogP contribution is -2.40. The molecule has 0 bridgehead atoms. The summed E-state index contributed by atoms with van der Waals surface area (Å²) in [4.78, 5) is 27.2. The zero-order valence-corrected chi connectivity index (χ0v) is 11.5. The number of carboxylic acid groups (broad SMARTS) is 1. The van der Waals surface area contributed by atoms with Gasteiger partial charge in [0.25, 0.3) is 0 Å². The first-order chi connectivity index (χ1) is 9.68. The standard InChI is InChI=1S/C14H21N3O3/c18-13(11-4-1-2-5-12(11)14(19)20)16-6-3-8-17-9-7-15-10-17/h7,9-12H,1-6,8H2,(H,16,18)(H,19,20)/t11-,12+/m1/s1. The Morgan fingerprint density at radius 3 is 2.70 bits per heavy atom. The highest BCUT2D eigenvalue weighted by Gasteiger charge is 2.35. The van der Waals surface area contributed by atoms with Gasteiger partial charge in [0.05, 0.1) is 18.2 Å². The van der Waals surface area contributed by atoms with E-state index in [2.05, 4.69) is 10.3 Å². The molecule has 0 saturated heterocycles. The first-order valence-electron chi connectivity index (χ1n) is 7.14. The molecular weight excluding hydrogens is 258 g/mol. The van der Waals surface area contributed by atoms with Crippen LogP contribution in [-0.4, -0.2) is 33.1 Å². The molecule has 0 aliphatic heterocycles. The molecule has 0 radical (unpaired) electrons. The predicted molar refractivity (Wildman–Crippen MR) is 72.9 cm³/mol. The Labute approximate surface area is 118 Å². The van der Waals surface area contributed by atoms with Gasteiger partial charge >= 0.3 is 5.97 Å². The number of aromatic nitrogens is 2. The number of nitrogens with one attached hydrogen (secondary N) is 1. The quantitative estimate of drug-likeness (QED) is 0.768. The minimum Gasteiger partial charge on any atom is -0.481 e. The number of carbonyl (C=O) groups is 2. The third kappa shape index (κ3) is 3.82. The van der Waals surface area contributed by atoms with E-state index in [1.807, 2.05) is 10.8 Å². The van der Waals surface area contributed by atoms with Crippen LogP contribution in [0.4, 0.5) is 0 Å². The fraction of sp³-hybridized carbons (Fsp3) is 0.643. The van der Waals surface area contributed by atoms with Gasteiger partial charge in [0.2, 0.25) is 5.91 Å². The second kappa shape index (κ2) is 7.07. The van der Waals surface area contributed by atoms with Crippen molar-refractivity contribution in [3.63, 3.8) is 0 Å². The number of aryl methyl sites for hydroxylation is 1. The molecule has 1 aliphatic rings. The number of carbonyl (C=O) groups excluding carboxylic acids is 1. The van der Waals surface area contributed by atoms with E-state index < -0.39 is 11.9 Å². The smallest absolute Gasteiger partial charge is 0.307 e. The van der Waals surface area contributed by atoms with E-state index in [9.17, 15) is 9.59 Å². The molecule has 1 saturated carbocycles. The largest absolute Gasteiger partial charge is 0.481 e. The number of imidazole rings is 1. The van der Waals surface area contributed by atoms with E-state index in [1.165, 1.54) is 0 Å². The average Bonchev–Trinajstić information content (AvgIpc) is 2.96. The number of rotatable bonds is 6.